The van der Waals surface area contributed by atoms with Gasteiger partial charge in [0.2, 0.25) is 6.79 Å². The van der Waals surface area contributed by atoms with Crippen LogP contribution in [0.1, 0.15) is 12.5 Å². The summed E-state index contributed by atoms with van der Waals surface area (Å²) in [6.07, 6.45) is 4.53. The molecule has 0 atom stereocenters. The van der Waals surface area contributed by atoms with Crippen molar-refractivity contribution in [3.05, 3.63) is 41.5 Å². The van der Waals surface area contributed by atoms with Gasteiger partial charge >= 0.3 is 5.97 Å². The average Bonchev–Trinajstić information content (AvgIpc) is 2.73. The third-order valence-corrected chi connectivity index (χ3v) is 2.28. The summed E-state index contributed by atoms with van der Waals surface area (Å²) in [5.41, 5.74) is 1.80. The Labute approximate surface area is 98.8 Å². The third kappa shape index (κ3) is 2.87. The summed E-state index contributed by atoms with van der Waals surface area (Å²) in [6.45, 7) is 2.09. The smallest absolute Gasteiger partial charge is 0.328 e. The molecule has 0 saturated heterocycles. The van der Waals surface area contributed by atoms with Crippen LogP contribution in [0.4, 0.5) is 0 Å². The molecule has 0 unspecified atom stereocenters. The van der Waals surface area contributed by atoms with Crippen LogP contribution in [-0.4, -0.2) is 17.9 Å². The fourth-order valence-corrected chi connectivity index (χ4v) is 1.52. The largest absolute Gasteiger partial charge is 0.478 e. The fourth-order valence-electron chi connectivity index (χ4n) is 1.52. The molecule has 0 bridgehead atoms. The molecule has 88 valence electrons. The Morgan fingerprint density at radius 2 is 2.06 bits per heavy atom. The van der Waals surface area contributed by atoms with E-state index in [2.05, 4.69) is 0 Å². The first-order valence-electron chi connectivity index (χ1n) is 5.14. The minimum atomic E-state index is -0.955. The van der Waals surface area contributed by atoms with Gasteiger partial charge in [-0.05, 0) is 24.6 Å². The molecule has 1 aliphatic rings. The lowest BCUT2D eigenvalue weighted by molar-refractivity contribution is -0.131. The number of benzene rings is 1. The monoisotopic (exact) mass is 232 g/mol. The summed E-state index contributed by atoms with van der Waals surface area (Å²) in [5.74, 6) is 0.498. The number of hydrogen-bond acceptors (Lipinski definition) is 3. The van der Waals surface area contributed by atoms with Crippen LogP contribution in [-0.2, 0) is 4.79 Å². The van der Waals surface area contributed by atoms with Crippen molar-refractivity contribution in [2.45, 2.75) is 6.92 Å². The molecule has 2 rings (SSSR count). The Kier molecular flexibility index (Phi) is 3.14. The highest BCUT2D eigenvalue weighted by Crippen LogP contribution is 2.33. The first-order chi connectivity index (χ1) is 8.15. The summed E-state index contributed by atoms with van der Waals surface area (Å²) in [6, 6.07) is 5.59. The highest BCUT2D eigenvalue weighted by molar-refractivity contribution is 5.80. The highest BCUT2D eigenvalue weighted by Gasteiger charge is 2.12. The Hall–Kier alpha value is -2.23. The van der Waals surface area contributed by atoms with Gasteiger partial charge in [0, 0.05) is 6.08 Å². The maximum Gasteiger partial charge on any atom is 0.328 e. The van der Waals surface area contributed by atoms with Crippen LogP contribution in [0.25, 0.3) is 6.08 Å². The lowest BCUT2D eigenvalue weighted by Crippen LogP contribution is -1.92. The number of aliphatic carboxylic acids is 1. The van der Waals surface area contributed by atoms with Gasteiger partial charge in [-0.2, -0.15) is 0 Å². The molecule has 0 radical (unpaired) electrons. The lowest BCUT2D eigenvalue weighted by atomic mass is 10.1. The Morgan fingerprint density at radius 1 is 1.29 bits per heavy atom. The van der Waals surface area contributed by atoms with E-state index in [0.717, 1.165) is 23.0 Å². The normalized spacial score (nSPS) is 14.3. The zero-order valence-corrected chi connectivity index (χ0v) is 9.34. The molecule has 1 aromatic carbocycles. The summed E-state index contributed by atoms with van der Waals surface area (Å²) < 4.78 is 10.5. The number of fused-ring (bicyclic) bond motifs is 1. The van der Waals surface area contributed by atoms with Gasteiger partial charge in [-0.15, -0.1) is 0 Å². The predicted molar refractivity (Wildman–Crippen MR) is 63.0 cm³/mol. The molecule has 0 amide bonds. The van der Waals surface area contributed by atoms with Crippen molar-refractivity contribution >= 4 is 12.0 Å². The molecule has 4 nitrogen and oxygen atoms in total. The van der Waals surface area contributed by atoms with Crippen molar-refractivity contribution in [1.82, 2.24) is 0 Å². The quantitative estimate of drug-likeness (QED) is 0.642. The zero-order chi connectivity index (χ0) is 12.3. The van der Waals surface area contributed by atoms with Crippen molar-refractivity contribution in [2.24, 2.45) is 0 Å². The van der Waals surface area contributed by atoms with Gasteiger partial charge in [-0.25, -0.2) is 4.79 Å². The molecule has 0 aromatic heterocycles. The second kappa shape index (κ2) is 4.74. The van der Waals surface area contributed by atoms with Gasteiger partial charge < -0.3 is 14.6 Å². The number of carboxylic acids is 1. The van der Waals surface area contributed by atoms with Crippen molar-refractivity contribution < 1.29 is 19.4 Å². The first kappa shape index (κ1) is 11.3. The SMILES string of the molecule is CC(=Cc1ccc2c(c1)OCO2)/C=C/C(=O)O. The van der Waals surface area contributed by atoms with Crippen LogP contribution in [0.3, 0.4) is 0 Å². The van der Waals surface area contributed by atoms with E-state index in [1.807, 2.05) is 31.2 Å². The maximum absolute atomic E-state index is 10.4. The second-order valence-electron chi connectivity index (χ2n) is 3.67. The summed E-state index contributed by atoms with van der Waals surface area (Å²) >= 11 is 0. The van der Waals surface area contributed by atoms with E-state index in [0.29, 0.717) is 5.75 Å². The molecular weight excluding hydrogens is 220 g/mol. The topological polar surface area (TPSA) is 55.8 Å². The van der Waals surface area contributed by atoms with Gasteiger partial charge in [-0.3, -0.25) is 0 Å². The average molecular weight is 232 g/mol. The van der Waals surface area contributed by atoms with Gasteiger partial charge in [0.15, 0.2) is 11.5 Å². The van der Waals surface area contributed by atoms with E-state index in [1.165, 1.54) is 0 Å². The van der Waals surface area contributed by atoms with Crippen molar-refractivity contribution in [1.29, 1.82) is 0 Å². The number of carbonyl (C=O) groups is 1. The van der Waals surface area contributed by atoms with Crippen molar-refractivity contribution in [3.8, 4) is 11.5 Å². The molecule has 4 heteroatoms. The van der Waals surface area contributed by atoms with E-state index in [-0.39, 0.29) is 6.79 Å². The van der Waals surface area contributed by atoms with Gasteiger partial charge in [0.25, 0.3) is 0 Å². The van der Waals surface area contributed by atoms with Gasteiger partial charge in [0.05, 0.1) is 0 Å². The highest BCUT2D eigenvalue weighted by atomic mass is 16.7. The van der Waals surface area contributed by atoms with E-state index in [4.69, 9.17) is 14.6 Å². The predicted octanol–water partition coefficient (Wildman–Crippen LogP) is 2.46. The fraction of sp³-hybridized carbons (Fsp3) is 0.154. The standard InChI is InChI=1S/C13H12O4/c1-9(2-5-13(14)15)6-10-3-4-11-12(7-10)17-8-16-11/h2-7H,8H2,1H3,(H,14,15)/b5-2+,9-6?. The Bertz CT molecular complexity index is 500. The van der Waals surface area contributed by atoms with Crippen LogP contribution in [0.2, 0.25) is 0 Å². The van der Waals surface area contributed by atoms with E-state index < -0.39 is 5.97 Å². The number of ether oxygens (including phenoxy) is 2. The van der Waals surface area contributed by atoms with Crippen molar-refractivity contribution in [3.63, 3.8) is 0 Å². The van der Waals surface area contributed by atoms with E-state index >= 15 is 0 Å². The van der Waals surface area contributed by atoms with Crippen LogP contribution in [0.5, 0.6) is 11.5 Å². The molecule has 0 fully saturated rings. The van der Waals surface area contributed by atoms with E-state index in [1.54, 1.807) is 6.08 Å². The molecule has 1 heterocycles. The van der Waals surface area contributed by atoms with Crippen LogP contribution in [0, 0.1) is 0 Å². The minimum Gasteiger partial charge on any atom is -0.478 e. The molecule has 0 saturated carbocycles. The zero-order valence-electron chi connectivity index (χ0n) is 9.34. The first-order valence-corrected chi connectivity index (χ1v) is 5.14. The number of rotatable bonds is 3. The summed E-state index contributed by atoms with van der Waals surface area (Å²) in [5, 5.41) is 8.50. The third-order valence-electron chi connectivity index (χ3n) is 2.28. The minimum absolute atomic E-state index is 0.250. The molecule has 0 spiro atoms. The number of carboxylic acid groups (broad SMARTS) is 1. The molecule has 0 aliphatic carbocycles. The molecule has 1 N–H and O–H groups in total. The maximum atomic E-state index is 10.4. The van der Waals surface area contributed by atoms with Crippen molar-refractivity contribution in [2.75, 3.05) is 6.79 Å². The van der Waals surface area contributed by atoms with Gasteiger partial charge in [-0.1, -0.05) is 23.8 Å². The number of hydrogen-bond donors (Lipinski definition) is 1. The summed E-state index contributed by atoms with van der Waals surface area (Å²) in [7, 11) is 0. The molecule has 1 aromatic rings. The number of allylic oxidation sites excluding steroid dienone is 2. The van der Waals surface area contributed by atoms with Crippen LogP contribution in [0.15, 0.2) is 35.9 Å². The lowest BCUT2D eigenvalue weighted by Gasteiger charge is -1.98. The Morgan fingerprint density at radius 3 is 2.82 bits per heavy atom. The molecular formula is C13H12O4. The van der Waals surface area contributed by atoms with Crippen LogP contribution >= 0.6 is 0 Å². The Balaban J connectivity index is 2.18. The summed E-state index contributed by atoms with van der Waals surface area (Å²) in [4.78, 5) is 10.4. The molecule has 17 heavy (non-hydrogen) atoms. The molecule has 1 aliphatic heterocycles. The second-order valence-corrected chi connectivity index (χ2v) is 3.67. The van der Waals surface area contributed by atoms with Crippen LogP contribution < -0.4 is 9.47 Å². The van der Waals surface area contributed by atoms with E-state index in [9.17, 15) is 4.79 Å². The van der Waals surface area contributed by atoms with Gasteiger partial charge in [0.1, 0.15) is 0 Å².